The number of hydrogen-bond acceptors (Lipinski definition) is 4. The molecule has 1 aliphatic heterocycles. The molecule has 0 aromatic carbocycles. The molecule has 0 aliphatic carbocycles. The number of aromatic nitrogens is 3. The quantitative estimate of drug-likeness (QED) is 0.794. The number of hydrogen-bond donors (Lipinski definition) is 0. The Kier molecular flexibility index (Phi) is 4.55. The molecule has 25 heavy (non-hydrogen) atoms. The minimum absolute atomic E-state index is 0.312. The SMILES string of the molecule is Cc1cc(-c2ccncc2)nn1CC=C(F)B1OC(C)(C)C(C)(C)O1. The Labute approximate surface area is 148 Å². The van der Waals surface area contributed by atoms with Gasteiger partial charge in [0.15, 0.2) is 0 Å². The normalized spacial score (nSPS) is 19.4. The molecule has 7 heteroatoms. The lowest BCUT2D eigenvalue weighted by atomic mass is 9.88. The molecule has 0 spiro atoms. The van der Waals surface area contributed by atoms with Crippen LogP contribution in [0.4, 0.5) is 4.39 Å². The zero-order valence-corrected chi connectivity index (χ0v) is 15.3. The van der Waals surface area contributed by atoms with Gasteiger partial charge < -0.3 is 9.31 Å². The minimum Gasteiger partial charge on any atom is -0.398 e. The molecule has 0 saturated carbocycles. The summed E-state index contributed by atoms with van der Waals surface area (Å²) in [6, 6.07) is 5.76. The summed E-state index contributed by atoms with van der Waals surface area (Å²) < 4.78 is 27.7. The van der Waals surface area contributed by atoms with Crippen LogP contribution in [0.2, 0.25) is 0 Å². The third-order valence-corrected chi connectivity index (χ3v) is 4.89. The van der Waals surface area contributed by atoms with Crippen LogP contribution < -0.4 is 0 Å². The second-order valence-corrected chi connectivity index (χ2v) is 7.27. The van der Waals surface area contributed by atoms with Gasteiger partial charge in [-0.25, -0.2) is 4.39 Å². The van der Waals surface area contributed by atoms with Crippen LogP contribution in [0.25, 0.3) is 11.3 Å². The molecule has 1 saturated heterocycles. The molecular formula is C18H23BFN3O2. The zero-order chi connectivity index (χ0) is 18.2. The summed E-state index contributed by atoms with van der Waals surface area (Å²) in [4.78, 5) is 4.01. The van der Waals surface area contributed by atoms with Crippen molar-refractivity contribution >= 4 is 7.12 Å². The van der Waals surface area contributed by atoms with Crippen LogP contribution in [-0.4, -0.2) is 33.1 Å². The molecule has 0 N–H and O–H groups in total. The number of allylic oxidation sites excluding steroid dienone is 1. The molecule has 3 rings (SSSR count). The predicted octanol–water partition coefficient (Wildman–Crippen LogP) is 3.74. The van der Waals surface area contributed by atoms with Gasteiger partial charge in [-0.05, 0) is 58.9 Å². The lowest BCUT2D eigenvalue weighted by molar-refractivity contribution is 0.00578. The fourth-order valence-corrected chi connectivity index (χ4v) is 2.58. The monoisotopic (exact) mass is 343 g/mol. The van der Waals surface area contributed by atoms with Gasteiger partial charge >= 0.3 is 7.12 Å². The van der Waals surface area contributed by atoms with Crippen molar-refractivity contribution < 1.29 is 13.7 Å². The molecular weight excluding hydrogens is 320 g/mol. The highest BCUT2D eigenvalue weighted by Gasteiger charge is 2.52. The fraction of sp³-hybridized carbons (Fsp3) is 0.444. The van der Waals surface area contributed by atoms with Crippen molar-refractivity contribution in [3.8, 4) is 11.3 Å². The molecule has 3 heterocycles. The maximum Gasteiger partial charge on any atom is 0.524 e. The van der Waals surface area contributed by atoms with Crippen molar-refractivity contribution in [2.24, 2.45) is 0 Å². The second-order valence-electron chi connectivity index (χ2n) is 7.27. The highest BCUT2D eigenvalue weighted by Crippen LogP contribution is 2.38. The Bertz CT molecular complexity index is 771. The first kappa shape index (κ1) is 17.8. The summed E-state index contributed by atoms with van der Waals surface area (Å²) in [6.45, 7) is 9.86. The lowest BCUT2D eigenvalue weighted by Gasteiger charge is -2.32. The largest absolute Gasteiger partial charge is 0.524 e. The van der Waals surface area contributed by atoms with Crippen molar-refractivity contribution in [1.82, 2.24) is 14.8 Å². The summed E-state index contributed by atoms with van der Waals surface area (Å²) >= 11 is 0. The molecule has 2 aromatic heterocycles. The van der Waals surface area contributed by atoms with E-state index in [4.69, 9.17) is 9.31 Å². The van der Waals surface area contributed by atoms with Crippen LogP contribution in [0.3, 0.4) is 0 Å². The Morgan fingerprint density at radius 3 is 2.40 bits per heavy atom. The average molecular weight is 343 g/mol. The molecule has 0 amide bonds. The maximum absolute atomic E-state index is 14.5. The Morgan fingerprint density at radius 1 is 1.20 bits per heavy atom. The van der Waals surface area contributed by atoms with Gasteiger partial charge in [-0.2, -0.15) is 5.10 Å². The summed E-state index contributed by atoms with van der Waals surface area (Å²) in [5, 5.41) is 4.53. The smallest absolute Gasteiger partial charge is 0.398 e. The van der Waals surface area contributed by atoms with Crippen molar-refractivity contribution in [1.29, 1.82) is 0 Å². The van der Waals surface area contributed by atoms with Crippen LogP contribution in [0.1, 0.15) is 33.4 Å². The Balaban J connectivity index is 1.73. The van der Waals surface area contributed by atoms with Crippen LogP contribution in [0.5, 0.6) is 0 Å². The van der Waals surface area contributed by atoms with E-state index in [2.05, 4.69) is 10.1 Å². The van der Waals surface area contributed by atoms with Gasteiger partial charge in [0.1, 0.15) is 5.73 Å². The molecule has 132 valence electrons. The van der Waals surface area contributed by atoms with Crippen molar-refractivity contribution in [2.75, 3.05) is 0 Å². The van der Waals surface area contributed by atoms with Crippen LogP contribution in [0, 0.1) is 6.92 Å². The first-order valence-electron chi connectivity index (χ1n) is 8.36. The van der Waals surface area contributed by atoms with E-state index in [9.17, 15) is 4.39 Å². The molecule has 0 radical (unpaired) electrons. The van der Waals surface area contributed by atoms with Crippen molar-refractivity contribution in [3.63, 3.8) is 0 Å². The number of pyridine rings is 1. The van der Waals surface area contributed by atoms with Gasteiger partial charge in [0.2, 0.25) is 0 Å². The summed E-state index contributed by atoms with van der Waals surface area (Å²) in [5.74, 6) is 0. The van der Waals surface area contributed by atoms with E-state index in [1.807, 2.05) is 52.8 Å². The van der Waals surface area contributed by atoms with E-state index in [1.165, 1.54) is 6.08 Å². The predicted molar refractivity (Wildman–Crippen MR) is 95.5 cm³/mol. The Hall–Kier alpha value is -1.99. The van der Waals surface area contributed by atoms with Crippen LogP contribution in [0.15, 0.2) is 42.4 Å². The second kappa shape index (κ2) is 6.39. The highest BCUT2D eigenvalue weighted by atomic mass is 19.1. The fourth-order valence-electron chi connectivity index (χ4n) is 2.58. The maximum atomic E-state index is 14.5. The van der Waals surface area contributed by atoms with Gasteiger partial charge in [0, 0.05) is 23.7 Å². The van der Waals surface area contributed by atoms with Crippen LogP contribution >= 0.6 is 0 Å². The van der Waals surface area contributed by atoms with E-state index in [0.29, 0.717) is 6.54 Å². The van der Waals surface area contributed by atoms with E-state index in [-0.39, 0.29) is 0 Å². The molecule has 0 bridgehead atoms. The first-order valence-corrected chi connectivity index (χ1v) is 8.36. The van der Waals surface area contributed by atoms with Crippen LogP contribution in [-0.2, 0) is 15.9 Å². The van der Waals surface area contributed by atoms with E-state index >= 15 is 0 Å². The van der Waals surface area contributed by atoms with Gasteiger partial charge in [-0.3, -0.25) is 9.67 Å². The number of aryl methyl sites for hydroxylation is 1. The van der Waals surface area contributed by atoms with E-state index < -0.39 is 24.0 Å². The average Bonchev–Trinajstić information content (AvgIpc) is 3.03. The lowest BCUT2D eigenvalue weighted by Crippen LogP contribution is -2.41. The third-order valence-electron chi connectivity index (χ3n) is 4.89. The van der Waals surface area contributed by atoms with Gasteiger partial charge in [-0.15, -0.1) is 0 Å². The summed E-state index contributed by atoms with van der Waals surface area (Å²) in [7, 11) is -0.972. The first-order chi connectivity index (χ1) is 11.7. The summed E-state index contributed by atoms with van der Waals surface area (Å²) in [6.07, 6.45) is 4.90. The van der Waals surface area contributed by atoms with E-state index in [0.717, 1.165) is 17.0 Å². The molecule has 0 unspecified atom stereocenters. The molecule has 1 aliphatic rings. The van der Waals surface area contributed by atoms with Gasteiger partial charge in [0.25, 0.3) is 0 Å². The van der Waals surface area contributed by atoms with Crippen molar-refractivity contribution in [3.05, 3.63) is 48.1 Å². The molecule has 1 fully saturated rings. The van der Waals surface area contributed by atoms with Gasteiger partial charge in [0.05, 0.1) is 23.4 Å². The van der Waals surface area contributed by atoms with Crippen molar-refractivity contribution in [2.45, 2.75) is 52.4 Å². The standard InChI is InChI=1S/C18H23BFN3O2/c1-13-12-15(14-6-9-21-10-7-14)22-23(13)11-8-16(20)19-24-17(2,3)18(4,5)25-19/h6-10,12H,11H2,1-5H3. The minimum atomic E-state index is -0.972. The summed E-state index contributed by atoms with van der Waals surface area (Å²) in [5.41, 5.74) is 1.22. The molecule has 2 aromatic rings. The topological polar surface area (TPSA) is 49.2 Å². The molecule has 0 atom stereocenters. The number of halogens is 1. The van der Waals surface area contributed by atoms with E-state index in [1.54, 1.807) is 17.1 Å². The Morgan fingerprint density at radius 2 is 1.80 bits per heavy atom. The zero-order valence-electron chi connectivity index (χ0n) is 15.3. The third kappa shape index (κ3) is 3.53. The molecule has 5 nitrogen and oxygen atoms in total. The number of nitrogens with zero attached hydrogens (tertiary/aromatic N) is 3. The van der Waals surface area contributed by atoms with Gasteiger partial charge in [-0.1, -0.05) is 0 Å². The highest BCUT2D eigenvalue weighted by molar-refractivity contribution is 6.53. The number of rotatable bonds is 4.